The average Bonchev–Trinajstić information content (AvgIpc) is 3.17. The van der Waals surface area contributed by atoms with Gasteiger partial charge < -0.3 is 15.2 Å². The largest absolute Gasteiger partial charge is 0.491 e. The van der Waals surface area contributed by atoms with E-state index in [1.807, 2.05) is 24.3 Å². The molecule has 1 fully saturated rings. The molecule has 1 saturated carbocycles. The van der Waals surface area contributed by atoms with Crippen LogP contribution in [0.3, 0.4) is 0 Å². The molecule has 100 valence electrons. The van der Waals surface area contributed by atoms with Crippen LogP contribution >= 0.6 is 15.9 Å². The zero-order valence-corrected chi connectivity index (χ0v) is 12.2. The Hall–Kier alpha value is -0.580. The van der Waals surface area contributed by atoms with Crippen LogP contribution in [0.1, 0.15) is 19.8 Å². The molecule has 0 bridgehead atoms. The molecule has 2 unspecified atom stereocenters. The van der Waals surface area contributed by atoms with Crippen molar-refractivity contribution < 1.29 is 9.84 Å². The molecule has 1 aromatic carbocycles. The molecule has 0 saturated heterocycles. The van der Waals surface area contributed by atoms with Gasteiger partial charge in [0.15, 0.2) is 0 Å². The van der Waals surface area contributed by atoms with Gasteiger partial charge >= 0.3 is 0 Å². The van der Waals surface area contributed by atoms with Crippen molar-refractivity contribution in [1.82, 2.24) is 5.32 Å². The van der Waals surface area contributed by atoms with Crippen LogP contribution in [0.4, 0.5) is 0 Å². The minimum atomic E-state index is -0.467. The molecule has 0 aromatic heterocycles. The van der Waals surface area contributed by atoms with E-state index in [9.17, 15) is 5.11 Å². The first-order chi connectivity index (χ1) is 8.65. The predicted octanol–water partition coefficient (Wildman–Crippen LogP) is 2.58. The first kappa shape index (κ1) is 13.8. The number of hydrogen-bond donors (Lipinski definition) is 2. The van der Waals surface area contributed by atoms with Crippen LogP contribution < -0.4 is 10.1 Å². The second-order valence-electron chi connectivity index (χ2n) is 4.96. The van der Waals surface area contributed by atoms with Crippen molar-refractivity contribution in [3.63, 3.8) is 0 Å². The summed E-state index contributed by atoms with van der Waals surface area (Å²) in [6.45, 7) is 3.09. The maximum atomic E-state index is 9.83. The summed E-state index contributed by atoms with van der Waals surface area (Å²) in [5.74, 6) is 1.59. The summed E-state index contributed by atoms with van der Waals surface area (Å²) in [6, 6.07) is 8.15. The summed E-state index contributed by atoms with van der Waals surface area (Å²) in [4.78, 5) is 0. The lowest BCUT2D eigenvalue weighted by molar-refractivity contribution is 0.103. The van der Waals surface area contributed by atoms with E-state index < -0.39 is 6.10 Å². The lowest BCUT2D eigenvalue weighted by atomic mass is 10.2. The van der Waals surface area contributed by atoms with Crippen molar-refractivity contribution in [3.8, 4) is 5.75 Å². The molecular formula is C14H20BrNO2. The van der Waals surface area contributed by atoms with Gasteiger partial charge in [-0.05, 0) is 43.9 Å². The first-order valence-corrected chi connectivity index (χ1v) is 7.24. The monoisotopic (exact) mass is 313 g/mol. The zero-order valence-electron chi connectivity index (χ0n) is 10.6. The first-order valence-electron chi connectivity index (χ1n) is 6.45. The Balaban J connectivity index is 1.66. The Morgan fingerprint density at radius 3 is 2.94 bits per heavy atom. The SMILES string of the molecule is CC(NCC(O)COc1cccc(Br)c1)C1CC1. The maximum absolute atomic E-state index is 9.83. The predicted molar refractivity (Wildman–Crippen MR) is 75.8 cm³/mol. The van der Waals surface area contributed by atoms with Crippen molar-refractivity contribution in [2.45, 2.75) is 31.9 Å². The summed E-state index contributed by atoms with van der Waals surface area (Å²) in [5, 5.41) is 13.2. The van der Waals surface area contributed by atoms with E-state index in [-0.39, 0.29) is 0 Å². The van der Waals surface area contributed by atoms with Crippen molar-refractivity contribution in [1.29, 1.82) is 0 Å². The van der Waals surface area contributed by atoms with Crippen molar-refractivity contribution in [2.24, 2.45) is 5.92 Å². The molecule has 1 aliphatic carbocycles. The number of halogens is 1. The van der Waals surface area contributed by atoms with Gasteiger partial charge in [0.25, 0.3) is 0 Å². The van der Waals surface area contributed by atoms with Gasteiger partial charge in [-0.25, -0.2) is 0 Å². The number of aliphatic hydroxyl groups excluding tert-OH is 1. The molecule has 2 atom stereocenters. The zero-order chi connectivity index (χ0) is 13.0. The normalized spacial score (nSPS) is 18.4. The van der Waals surface area contributed by atoms with Crippen LogP contribution in [0.2, 0.25) is 0 Å². The second-order valence-corrected chi connectivity index (χ2v) is 5.87. The fourth-order valence-electron chi connectivity index (χ4n) is 1.89. The summed E-state index contributed by atoms with van der Waals surface area (Å²) in [5.41, 5.74) is 0. The van der Waals surface area contributed by atoms with Gasteiger partial charge in [0.1, 0.15) is 18.5 Å². The van der Waals surface area contributed by atoms with Gasteiger partial charge in [0, 0.05) is 17.1 Å². The number of hydrogen-bond acceptors (Lipinski definition) is 3. The number of nitrogens with one attached hydrogen (secondary N) is 1. The summed E-state index contributed by atoms with van der Waals surface area (Å²) < 4.78 is 6.52. The molecule has 3 nitrogen and oxygen atoms in total. The number of rotatable bonds is 7. The van der Waals surface area contributed by atoms with Gasteiger partial charge in [0.2, 0.25) is 0 Å². The summed E-state index contributed by atoms with van der Waals surface area (Å²) >= 11 is 3.39. The standard InChI is InChI=1S/C14H20BrNO2/c1-10(11-5-6-11)16-8-13(17)9-18-14-4-2-3-12(15)7-14/h2-4,7,10-11,13,16-17H,5-6,8-9H2,1H3. The number of ether oxygens (including phenoxy) is 1. The summed E-state index contributed by atoms with van der Waals surface area (Å²) in [7, 11) is 0. The third-order valence-corrected chi connectivity index (χ3v) is 3.74. The fourth-order valence-corrected chi connectivity index (χ4v) is 2.27. The van der Waals surface area contributed by atoms with Gasteiger partial charge in [-0.1, -0.05) is 22.0 Å². The molecule has 18 heavy (non-hydrogen) atoms. The van der Waals surface area contributed by atoms with Crippen LogP contribution in [0.15, 0.2) is 28.7 Å². The van der Waals surface area contributed by atoms with E-state index in [0.29, 0.717) is 19.2 Å². The van der Waals surface area contributed by atoms with Crippen LogP contribution in [-0.4, -0.2) is 30.4 Å². The molecule has 0 radical (unpaired) electrons. The average molecular weight is 314 g/mol. The fraction of sp³-hybridized carbons (Fsp3) is 0.571. The van der Waals surface area contributed by atoms with Crippen LogP contribution in [0, 0.1) is 5.92 Å². The minimum Gasteiger partial charge on any atom is -0.491 e. The minimum absolute atomic E-state index is 0.320. The highest BCUT2D eigenvalue weighted by atomic mass is 79.9. The van der Waals surface area contributed by atoms with Crippen molar-refractivity contribution >= 4 is 15.9 Å². The van der Waals surface area contributed by atoms with E-state index in [1.54, 1.807) is 0 Å². The van der Waals surface area contributed by atoms with Crippen LogP contribution in [-0.2, 0) is 0 Å². The number of aliphatic hydroxyl groups is 1. The molecule has 1 aromatic rings. The molecule has 0 spiro atoms. The summed E-state index contributed by atoms with van der Waals surface area (Å²) in [6.07, 6.45) is 2.17. The third-order valence-electron chi connectivity index (χ3n) is 3.24. The molecule has 1 aliphatic rings. The van der Waals surface area contributed by atoms with Crippen LogP contribution in [0.25, 0.3) is 0 Å². The Morgan fingerprint density at radius 1 is 1.50 bits per heavy atom. The molecule has 2 N–H and O–H groups in total. The second kappa shape index (κ2) is 6.55. The highest BCUT2D eigenvalue weighted by Gasteiger charge is 2.27. The molecule has 4 heteroatoms. The highest BCUT2D eigenvalue weighted by molar-refractivity contribution is 9.10. The molecule has 2 rings (SSSR count). The van der Waals surface area contributed by atoms with E-state index in [4.69, 9.17) is 4.74 Å². The van der Waals surface area contributed by atoms with Crippen molar-refractivity contribution in [3.05, 3.63) is 28.7 Å². The van der Waals surface area contributed by atoms with Crippen molar-refractivity contribution in [2.75, 3.05) is 13.2 Å². The molecular weight excluding hydrogens is 294 g/mol. The Morgan fingerprint density at radius 2 is 2.28 bits per heavy atom. The third kappa shape index (κ3) is 4.59. The molecule has 0 amide bonds. The Bertz CT molecular complexity index is 382. The lowest BCUT2D eigenvalue weighted by Gasteiger charge is -2.17. The van der Waals surface area contributed by atoms with Gasteiger partial charge in [-0.2, -0.15) is 0 Å². The topological polar surface area (TPSA) is 41.5 Å². The van der Waals surface area contributed by atoms with E-state index >= 15 is 0 Å². The Kier molecular flexibility index (Phi) is 5.03. The van der Waals surface area contributed by atoms with Gasteiger partial charge in [-0.15, -0.1) is 0 Å². The van der Waals surface area contributed by atoms with Gasteiger partial charge in [0.05, 0.1) is 0 Å². The van der Waals surface area contributed by atoms with E-state index in [0.717, 1.165) is 16.1 Å². The van der Waals surface area contributed by atoms with E-state index in [2.05, 4.69) is 28.2 Å². The van der Waals surface area contributed by atoms with Crippen LogP contribution in [0.5, 0.6) is 5.75 Å². The Labute approximate surface area is 117 Å². The maximum Gasteiger partial charge on any atom is 0.120 e. The quantitative estimate of drug-likeness (QED) is 0.813. The highest BCUT2D eigenvalue weighted by Crippen LogP contribution is 2.32. The molecule has 0 aliphatic heterocycles. The van der Waals surface area contributed by atoms with Gasteiger partial charge in [-0.3, -0.25) is 0 Å². The lowest BCUT2D eigenvalue weighted by Crippen LogP contribution is -2.37. The van der Waals surface area contributed by atoms with E-state index in [1.165, 1.54) is 12.8 Å². The number of benzene rings is 1. The molecule has 0 heterocycles. The smallest absolute Gasteiger partial charge is 0.120 e.